The molecule has 3 saturated heterocycles. The molecule has 7 rings (SSSR count). The van der Waals surface area contributed by atoms with Crippen molar-refractivity contribution >= 4 is 10.9 Å². The van der Waals surface area contributed by atoms with Crippen LogP contribution in [-0.4, -0.2) is 75.0 Å². The number of rotatable bonds is 3. The third kappa shape index (κ3) is 3.13. The molecule has 0 spiro atoms. The van der Waals surface area contributed by atoms with Gasteiger partial charge in [0.2, 0.25) is 6.29 Å². The summed E-state index contributed by atoms with van der Waals surface area (Å²) in [7, 11) is 0. The average Bonchev–Trinajstić information content (AvgIpc) is 3.12. The normalized spacial score (nSPS) is 43.2. The van der Waals surface area contributed by atoms with Crippen molar-refractivity contribution in [1.82, 2.24) is 9.88 Å². The van der Waals surface area contributed by atoms with Gasteiger partial charge in [-0.2, -0.15) is 0 Å². The fourth-order valence-corrected chi connectivity index (χ4v) is 6.99. The van der Waals surface area contributed by atoms with E-state index in [1.54, 1.807) is 6.92 Å². The summed E-state index contributed by atoms with van der Waals surface area (Å²) in [5.74, 6) is 2.76. The van der Waals surface area contributed by atoms with Crippen LogP contribution in [0.5, 0.6) is 5.75 Å². The fraction of sp³-hybridized carbons (Fsp3) is 0.680. The molecule has 6 unspecified atom stereocenters. The summed E-state index contributed by atoms with van der Waals surface area (Å²) >= 11 is 0. The van der Waals surface area contributed by atoms with Crippen molar-refractivity contribution in [3.05, 3.63) is 29.5 Å². The van der Waals surface area contributed by atoms with Gasteiger partial charge >= 0.3 is 0 Å². The number of aliphatic hydroxyl groups excluding tert-OH is 3. The molecule has 5 heterocycles. The standard InChI is InChI=1S/C25H34N2O5/c1-3-14-8-13-9-18-20-16(6-7-27(11-13)21(14)18)17-10-15(4-5-19(17)26-20)32-25-24(30)23(29)22(28)12(2)31-25/h4-5,10,12-14,18,21-26,28-30H,3,6-9,11H2,1-2H3/t12?,13-,14+,18+,21+,22?,23?,24?,25?/m1/s1. The molecule has 0 amide bonds. The summed E-state index contributed by atoms with van der Waals surface area (Å²) in [6, 6.07) is 6.60. The van der Waals surface area contributed by atoms with E-state index >= 15 is 0 Å². The number of H-pyrrole nitrogens is 1. The van der Waals surface area contributed by atoms with Crippen molar-refractivity contribution in [1.29, 1.82) is 0 Å². The summed E-state index contributed by atoms with van der Waals surface area (Å²) in [6.45, 7) is 6.35. The largest absolute Gasteiger partial charge is 0.462 e. The number of aliphatic hydroxyl groups is 3. The van der Waals surface area contributed by atoms with Gasteiger partial charge < -0.3 is 29.8 Å². The Balaban J connectivity index is 1.32. The number of piperidine rings is 2. The summed E-state index contributed by atoms with van der Waals surface area (Å²) in [5.41, 5.74) is 3.93. The molecular formula is C25H34N2O5. The molecule has 2 aromatic rings. The minimum atomic E-state index is -1.31. The second-order valence-corrected chi connectivity index (χ2v) is 10.4. The van der Waals surface area contributed by atoms with Gasteiger partial charge in [0.05, 0.1) is 6.10 Å². The Labute approximate surface area is 188 Å². The minimum absolute atomic E-state index is 0.572. The number of aromatic nitrogens is 1. The first-order valence-corrected chi connectivity index (χ1v) is 12.2. The number of ether oxygens (including phenoxy) is 2. The minimum Gasteiger partial charge on any atom is -0.462 e. The maximum atomic E-state index is 10.3. The van der Waals surface area contributed by atoms with E-state index in [1.165, 1.54) is 42.5 Å². The zero-order valence-electron chi connectivity index (χ0n) is 18.8. The Morgan fingerprint density at radius 3 is 2.81 bits per heavy atom. The molecule has 4 N–H and O–H groups in total. The van der Waals surface area contributed by atoms with Gasteiger partial charge in [-0.05, 0) is 61.8 Å². The molecule has 7 nitrogen and oxygen atoms in total. The van der Waals surface area contributed by atoms with Crippen LogP contribution in [0, 0.1) is 11.8 Å². The molecule has 32 heavy (non-hydrogen) atoms. The van der Waals surface area contributed by atoms with E-state index in [2.05, 4.69) is 16.8 Å². The number of aromatic amines is 1. The molecule has 4 aliphatic heterocycles. The molecular weight excluding hydrogens is 408 g/mol. The van der Waals surface area contributed by atoms with E-state index in [0.717, 1.165) is 30.3 Å². The molecule has 174 valence electrons. The fourth-order valence-electron chi connectivity index (χ4n) is 6.99. The first-order chi connectivity index (χ1) is 15.4. The first kappa shape index (κ1) is 20.9. The van der Waals surface area contributed by atoms with Crippen LogP contribution >= 0.6 is 0 Å². The highest BCUT2D eigenvalue weighted by Gasteiger charge is 2.48. The summed E-state index contributed by atoms with van der Waals surface area (Å²) in [4.78, 5) is 6.51. The predicted octanol–water partition coefficient (Wildman–Crippen LogP) is 2.13. The number of benzene rings is 1. The first-order valence-electron chi connectivity index (χ1n) is 12.2. The molecule has 4 fully saturated rings. The van der Waals surface area contributed by atoms with Gasteiger partial charge in [-0.1, -0.05) is 13.3 Å². The smallest absolute Gasteiger partial charge is 0.229 e. The molecule has 1 aliphatic carbocycles. The summed E-state index contributed by atoms with van der Waals surface area (Å²) < 4.78 is 11.6. The maximum absolute atomic E-state index is 10.3. The predicted molar refractivity (Wildman–Crippen MR) is 120 cm³/mol. The summed E-state index contributed by atoms with van der Waals surface area (Å²) in [6.07, 6.45) is -0.454. The van der Waals surface area contributed by atoms with E-state index in [0.29, 0.717) is 17.7 Å². The molecule has 10 atom stereocenters. The van der Waals surface area contributed by atoms with E-state index in [9.17, 15) is 15.3 Å². The lowest BCUT2D eigenvalue weighted by atomic mass is 9.65. The SMILES string of the molecule is CC[C@H]1C[C@@H]2C[C@H]3c4[nH]c5ccc(OC6OC(C)C(O)C(O)C6O)cc5c4CCN(C2)[C@@H]13. The van der Waals surface area contributed by atoms with Crippen molar-refractivity contribution in [3.63, 3.8) is 0 Å². The van der Waals surface area contributed by atoms with Crippen LogP contribution in [0.3, 0.4) is 0 Å². The van der Waals surface area contributed by atoms with Gasteiger partial charge in [0.15, 0.2) is 0 Å². The van der Waals surface area contributed by atoms with Crippen molar-refractivity contribution in [2.45, 2.75) is 82.2 Å². The van der Waals surface area contributed by atoms with Gasteiger partial charge in [-0.25, -0.2) is 0 Å². The lowest BCUT2D eigenvalue weighted by Crippen LogP contribution is -2.58. The Hall–Kier alpha value is -1.64. The van der Waals surface area contributed by atoms with Gasteiger partial charge in [-0.3, -0.25) is 4.90 Å². The topological polar surface area (TPSA) is 98.2 Å². The van der Waals surface area contributed by atoms with E-state index in [-0.39, 0.29) is 0 Å². The highest BCUT2D eigenvalue weighted by Crippen LogP contribution is 2.51. The second-order valence-electron chi connectivity index (χ2n) is 10.4. The Morgan fingerprint density at radius 1 is 1.16 bits per heavy atom. The van der Waals surface area contributed by atoms with Gasteiger partial charge in [0.25, 0.3) is 0 Å². The van der Waals surface area contributed by atoms with Crippen LogP contribution in [0.2, 0.25) is 0 Å². The number of nitrogens with one attached hydrogen (secondary N) is 1. The van der Waals surface area contributed by atoms with Crippen molar-refractivity contribution in [2.24, 2.45) is 11.8 Å². The van der Waals surface area contributed by atoms with Crippen LogP contribution in [0.1, 0.15) is 50.3 Å². The van der Waals surface area contributed by atoms with Gasteiger partial charge in [0, 0.05) is 41.6 Å². The van der Waals surface area contributed by atoms with Gasteiger partial charge in [-0.15, -0.1) is 0 Å². The lowest BCUT2D eigenvalue weighted by Gasteiger charge is -2.53. The molecule has 7 heteroatoms. The Bertz CT molecular complexity index is 1010. The monoisotopic (exact) mass is 442 g/mol. The highest BCUT2D eigenvalue weighted by molar-refractivity contribution is 5.86. The second kappa shape index (κ2) is 7.71. The van der Waals surface area contributed by atoms with Crippen LogP contribution < -0.4 is 4.74 Å². The molecule has 1 aromatic heterocycles. The molecule has 0 radical (unpaired) electrons. The molecule has 4 bridgehead atoms. The Kier molecular flexibility index (Phi) is 5.04. The third-order valence-electron chi connectivity index (χ3n) is 8.55. The van der Waals surface area contributed by atoms with Crippen LogP contribution in [0.4, 0.5) is 0 Å². The van der Waals surface area contributed by atoms with E-state index < -0.39 is 30.7 Å². The molecule has 1 saturated carbocycles. The number of hydrogen-bond donors (Lipinski definition) is 4. The third-order valence-corrected chi connectivity index (χ3v) is 8.55. The highest BCUT2D eigenvalue weighted by atomic mass is 16.7. The van der Waals surface area contributed by atoms with Crippen LogP contribution in [0.15, 0.2) is 18.2 Å². The van der Waals surface area contributed by atoms with Crippen molar-refractivity contribution < 1.29 is 24.8 Å². The number of hydrogen-bond acceptors (Lipinski definition) is 6. The molecule has 5 aliphatic rings. The van der Waals surface area contributed by atoms with Crippen LogP contribution in [0.25, 0.3) is 10.9 Å². The number of fused-ring (bicyclic) bond motifs is 4. The maximum Gasteiger partial charge on any atom is 0.229 e. The zero-order valence-corrected chi connectivity index (χ0v) is 18.8. The average molecular weight is 443 g/mol. The summed E-state index contributed by atoms with van der Waals surface area (Å²) in [5, 5.41) is 31.5. The number of nitrogens with zero attached hydrogens (tertiary/aromatic N) is 1. The van der Waals surface area contributed by atoms with Crippen molar-refractivity contribution in [3.8, 4) is 5.75 Å². The van der Waals surface area contributed by atoms with E-state index in [1.807, 2.05) is 18.2 Å². The van der Waals surface area contributed by atoms with Crippen molar-refractivity contribution in [2.75, 3.05) is 13.1 Å². The van der Waals surface area contributed by atoms with E-state index in [4.69, 9.17) is 9.47 Å². The zero-order chi connectivity index (χ0) is 22.1. The molecule has 1 aromatic carbocycles. The Morgan fingerprint density at radius 2 is 2.00 bits per heavy atom. The quantitative estimate of drug-likeness (QED) is 0.582. The van der Waals surface area contributed by atoms with Crippen LogP contribution in [-0.2, 0) is 11.2 Å². The van der Waals surface area contributed by atoms with Gasteiger partial charge in [0.1, 0.15) is 24.1 Å². The lowest BCUT2D eigenvalue weighted by molar-refractivity contribution is -0.268.